The lowest BCUT2D eigenvalue weighted by Crippen LogP contribution is -2.38. The number of piperidine rings is 1. The van der Waals surface area contributed by atoms with Gasteiger partial charge in [0.1, 0.15) is 5.75 Å². The van der Waals surface area contributed by atoms with Crippen molar-refractivity contribution in [1.29, 1.82) is 5.26 Å². The summed E-state index contributed by atoms with van der Waals surface area (Å²) in [5, 5.41) is 30.0. The largest absolute Gasteiger partial charge is 0.495 e. The average Bonchev–Trinajstić information content (AvgIpc) is 3.06. The van der Waals surface area contributed by atoms with Gasteiger partial charge in [0.25, 0.3) is 0 Å². The van der Waals surface area contributed by atoms with Crippen molar-refractivity contribution in [3.05, 3.63) is 53.3 Å². The maximum Gasteiger partial charge on any atom is 0.139 e. The second kappa shape index (κ2) is 8.44. The number of nitriles is 1. The first-order valence-corrected chi connectivity index (χ1v) is 10.2. The summed E-state index contributed by atoms with van der Waals surface area (Å²) in [5.41, 5.74) is 4.77. The molecule has 1 fully saturated rings. The molecule has 156 valence electrons. The molecular weight excluding hydrogens is 380 g/mol. The van der Waals surface area contributed by atoms with E-state index in [1.54, 1.807) is 25.4 Å². The monoisotopic (exact) mass is 406 g/mol. The van der Waals surface area contributed by atoms with Crippen molar-refractivity contribution in [2.24, 2.45) is 0 Å². The summed E-state index contributed by atoms with van der Waals surface area (Å²) in [6.07, 6.45) is 2.18. The summed E-state index contributed by atoms with van der Waals surface area (Å²) >= 11 is 0. The number of nitrogens with zero attached hydrogens (tertiary/aromatic N) is 4. The summed E-state index contributed by atoms with van der Waals surface area (Å²) in [5.74, 6) is 0.640. The Kier molecular flexibility index (Phi) is 5.73. The number of aliphatic hydroxyl groups is 2. The van der Waals surface area contributed by atoms with E-state index >= 15 is 0 Å². The minimum Gasteiger partial charge on any atom is -0.495 e. The van der Waals surface area contributed by atoms with Crippen LogP contribution in [-0.4, -0.2) is 57.5 Å². The molecule has 2 N–H and O–H groups in total. The maximum absolute atomic E-state index is 11.2. The molecular formula is C23H26N4O3. The number of fused-ring (bicyclic) bond motifs is 1. The minimum atomic E-state index is -0.705. The van der Waals surface area contributed by atoms with Crippen molar-refractivity contribution in [3.63, 3.8) is 0 Å². The number of hydrogen-bond acceptors (Lipinski definition) is 6. The second-order valence-corrected chi connectivity index (χ2v) is 7.78. The molecule has 0 bridgehead atoms. The zero-order chi connectivity index (χ0) is 21.3. The molecule has 0 saturated carbocycles. The predicted molar refractivity (Wildman–Crippen MR) is 114 cm³/mol. The number of likely N-dealkylation sites (tertiary alicyclic amines) is 1. The molecule has 30 heavy (non-hydrogen) atoms. The van der Waals surface area contributed by atoms with E-state index in [0.29, 0.717) is 17.9 Å². The third kappa shape index (κ3) is 3.77. The van der Waals surface area contributed by atoms with E-state index in [0.717, 1.165) is 53.9 Å². The molecule has 1 saturated heterocycles. The molecule has 0 radical (unpaired) electrons. The normalized spacial score (nSPS) is 16.5. The highest BCUT2D eigenvalue weighted by molar-refractivity contribution is 5.85. The van der Waals surface area contributed by atoms with Crippen LogP contribution in [0.3, 0.4) is 0 Å². The van der Waals surface area contributed by atoms with E-state index < -0.39 is 6.10 Å². The zero-order valence-corrected chi connectivity index (χ0v) is 17.2. The fraction of sp³-hybridized carbons (Fsp3) is 0.391. The Morgan fingerprint density at radius 3 is 2.60 bits per heavy atom. The van der Waals surface area contributed by atoms with Crippen LogP contribution in [-0.2, 0) is 0 Å². The third-order valence-electron chi connectivity index (χ3n) is 5.88. The van der Waals surface area contributed by atoms with Gasteiger partial charge in [0, 0.05) is 42.6 Å². The van der Waals surface area contributed by atoms with Gasteiger partial charge in [-0.3, -0.25) is 4.98 Å². The number of benzene rings is 1. The van der Waals surface area contributed by atoms with E-state index in [-0.39, 0.29) is 6.10 Å². The number of methoxy groups -OCH3 is 1. The molecule has 3 aromatic rings. The predicted octanol–water partition coefficient (Wildman–Crippen LogP) is 2.70. The molecule has 0 amide bonds. The second-order valence-electron chi connectivity index (χ2n) is 7.78. The number of rotatable bonds is 5. The fourth-order valence-corrected chi connectivity index (χ4v) is 4.25. The topological polar surface area (TPSA) is 94.5 Å². The number of pyridine rings is 1. The summed E-state index contributed by atoms with van der Waals surface area (Å²) in [6.45, 7) is 4.01. The lowest BCUT2D eigenvalue weighted by atomic mass is 10.0. The Morgan fingerprint density at radius 2 is 1.97 bits per heavy atom. The van der Waals surface area contributed by atoms with Gasteiger partial charge in [-0.15, -0.1) is 0 Å². The standard InChI is InChI=1S/C23H26N4O3/c1-15-22(21(29)14-26-9-7-18(28)8-10-26)23-20(11-19(30-2)13-25-23)27(15)17-5-3-16(12-24)4-6-17/h3-6,11,13,18,21,28-29H,7-10,14H2,1-2H3. The Labute approximate surface area is 175 Å². The molecule has 0 spiro atoms. The van der Waals surface area contributed by atoms with Gasteiger partial charge in [0.2, 0.25) is 0 Å². The highest BCUT2D eigenvalue weighted by Gasteiger charge is 2.26. The van der Waals surface area contributed by atoms with E-state index in [2.05, 4.69) is 16.0 Å². The van der Waals surface area contributed by atoms with Crippen molar-refractivity contribution < 1.29 is 14.9 Å². The van der Waals surface area contributed by atoms with E-state index in [4.69, 9.17) is 10.00 Å². The third-order valence-corrected chi connectivity index (χ3v) is 5.88. The average molecular weight is 406 g/mol. The first-order chi connectivity index (χ1) is 14.5. The SMILES string of the molecule is COc1cnc2c(C(O)CN3CCC(O)CC3)c(C)n(-c3ccc(C#N)cc3)c2c1. The van der Waals surface area contributed by atoms with Crippen molar-refractivity contribution in [3.8, 4) is 17.5 Å². The molecule has 4 rings (SSSR count). The van der Waals surface area contributed by atoms with Crippen molar-refractivity contribution in [1.82, 2.24) is 14.5 Å². The number of aromatic nitrogens is 2. The van der Waals surface area contributed by atoms with E-state index in [9.17, 15) is 10.2 Å². The Bertz CT molecular complexity index is 1080. The Hall–Kier alpha value is -2.92. The van der Waals surface area contributed by atoms with Crippen LogP contribution >= 0.6 is 0 Å². The number of aliphatic hydroxyl groups excluding tert-OH is 2. The lowest BCUT2D eigenvalue weighted by Gasteiger charge is -2.31. The minimum absolute atomic E-state index is 0.243. The summed E-state index contributed by atoms with van der Waals surface area (Å²) in [4.78, 5) is 6.79. The summed E-state index contributed by atoms with van der Waals surface area (Å²) in [7, 11) is 1.60. The van der Waals surface area contributed by atoms with Gasteiger partial charge in [-0.05, 0) is 44.0 Å². The molecule has 1 aromatic carbocycles. The molecule has 1 aliphatic heterocycles. The van der Waals surface area contributed by atoms with Crippen LogP contribution in [0.1, 0.15) is 35.8 Å². The van der Waals surface area contributed by atoms with Crippen molar-refractivity contribution in [2.75, 3.05) is 26.7 Å². The summed E-state index contributed by atoms with van der Waals surface area (Å²) < 4.78 is 7.42. The Morgan fingerprint density at radius 1 is 1.27 bits per heavy atom. The molecule has 1 aliphatic rings. The lowest BCUT2D eigenvalue weighted by molar-refractivity contribution is 0.0509. The van der Waals surface area contributed by atoms with Gasteiger partial charge in [-0.25, -0.2) is 0 Å². The van der Waals surface area contributed by atoms with Gasteiger partial charge in [0.05, 0.1) is 48.2 Å². The first kappa shape index (κ1) is 20.4. The smallest absolute Gasteiger partial charge is 0.139 e. The number of β-amino-alcohol motifs (C(OH)–C–C–N with tert-alkyl or cyclic N) is 1. The van der Waals surface area contributed by atoms with Crippen molar-refractivity contribution in [2.45, 2.75) is 32.0 Å². The number of hydrogen-bond donors (Lipinski definition) is 2. The van der Waals surface area contributed by atoms with Crippen LogP contribution in [0, 0.1) is 18.3 Å². The zero-order valence-electron chi connectivity index (χ0n) is 17.2. The molecule has 1 atom stereocenters. The van der Waals surface area contributed by atoms with Gasteiger partial charge in [0.15, 0.2) is 0 Å². The van der Waals surface area contributed by atoms with Crippen LogP contribution in [0.5, 0.6) is 5.75 Å². The van der Waals surface area contributed by atoms with Crippen LogP contribution in [0.15, 0.2) is 36.5 Å². The molecule has 0 aliphatic carbocycles. The fourth-order valence-electron chi connectivity index (χ4n) is 4.25. The molecule has 7 nitrogen and oxygen atoms in total. The Balaban J connectivity index is 1.77. The molecule has 2 aromatic heterocycles. The molecule has 1 unspecified atom stereocenters. The van der Waals surface area contributed by atoms with E-state index in [1.807, 2.05) is 29.7 Å². The molecule has 7 heteroatoms. The van der Waals surface area contributed by atoms with E-state index in [1.165, 1.54) is 0 Å². The highest BCUT2D eigenvalue weighted by atomic mass is 16.5. The van der Waals surface area contributed by atoms with Crippen LogP contribution in [0.2, 0.25) is 0 Å². The van der Waals surface area contributed by atoms with Crippen LogP contribution < -0.4 is 4.74 Å². The van der Waals surface area contributed by atoms with Crippen LogP contribution in [0.25, 0.3) is 16.7 Å². The first-order valence-electron chi connectivity index (χ1n) is 10.2. The highest BCUT2D eigenvalue weighted by Crippen LogP contribution is 2.34. The summed E-state index contributed by atoms with van der Waals surface area (Å²) in [6, 6.07) is 11.4. The van der Waals surface area contributed by atoms with Gasteiger partial charge in [-0.1, -0.05) is 0 Å². The van der Waals surface area contributed by atoms with Crippen molar-refractivity contribution >= 4 is 11.0 Å². The van der Waals surface area contributed by atoms with Gasteiger partial charge < -0.3 is 24.4 Å². The quantitative estimate of drug-likeness (QED) is 0.677. The van der Waals surface area contributed by atoms with Gasteiger partial charge >= 0.3 is 0 Å². The van der Waals surface area contributed by atoms with Gasteiger partial charge in [-0.2, -0.15) is 5.26 Å². The maximum atomic E-state index is 11.2. The number of ether oxygens (including phenoxy) is 1. The molecule has 3 heterocycles. The van der Waals surface area contributed by atoms with Crippen LogP contribution in [0.4, 0.5) is 0 Å².